The van der Waals surface area contributed by atoms with Crippen molar-refractivity contribution < 1.29 is 0 Å². The Morgan fingerprint density at radius 2 is 2.15 bits per heavy atom. The van der Waals surface area contributed by atoms with Gasteiger partial charge in [0.1, 0.15) is 5.82 Å². The summed E-state index contributed by atoms with van der Waals surface area (Å²) in [6, 6.07) is 10.3. The van der Waals surface area contributed by atoms with Crippen LogP contribution in [-0.4, -0.2) is 9.78 Å². The summed E-state index contributed by atoms with van der Waals surface area (Å²) in [5, 5.41) is 7.55. The summed E-state index contributed by atoms with van der Waals surface area (Å²) in [4.78, 5) is 0. The van der Waals surface area contributed by atoms with Gasteiger partial charge in [-0.15, -0.1) is 0 Å². The van der Waals surface area contributed by atoms with Gasteiger partial charge < -0.3 is 5.32 Å². The monoisotopic (exact) mass is 171 g/mol. The lowest BCUT2D eigenvalue weighted by Crippen LogP contribution is -2.14. The second kappa shape index (κ2) is 2.36. The largest absolute Gasteiger partial charge is 0.366 e. The molecule has 0 spiro atoms. The van der Waals surface area contributed by atoms with Crippen molar-refractivity contribution >= 4 is 5.82 Å². The molecule has 1 aromatic heterocycles. The molecule has 0 bridgehead atoms. The quantitative estimate of drug-likeness (QED) is 0.655. The fourth-order valence-corrected chi connectivity index (χ4v) is 1.68. The molecule has 13 heavy (non-hydrogen) atoms. The SMILES string of the molecule is c1ccc2c(c1)CNc1ccnn1-2. The van der Waals surface area contributed by atoms with Gasteiger partial charge in [0.05, 0.1) is 11.9 Å². The molecule has 2 heterocycles. The number of nitrogens with one attached hydrogen (secondary N) is 1. The number of aromatic nitrogens is 2. The van der Waals surface area contributed by atoms with E-state index in [-0.39, 0.29) is 0 Å². The fraction of sp³-hybridized carbons (Fsp3) is 0.100. The molecule has 3 rings (SSSR count). The molecule has 64 valence electrons. The highest BCUT2D eigenvalue weighted by atomic mass is 15.3. The van der Waals surface area contributed by atoms with E-state index in [4.69, 9.17) is 0 Å². The summed E-state index contributed by atoms with van der Waals surface area (Å²) in [6.45, 7) is 0.891. The van der Waals surface area contributed by atoms with Gasteiger partial charge in [0.15, 0.2) is 0 Å². The number of rotatable bonds is 0. The standard InChI is InChI=1S/C10H9N3/c1-2-4-9-8(3-1)7-11-10-5-6-12-13(9)10/h1-6,11H,7H2. The van der Waals surface area contributed by atoms with E-state index in [2.05, 4.69) is 28.6 Å². The maximum Gasteiger partial charge on any atom is 0.130 e. The van der Waals surface area contributed by atoms with Crippen LogP contribution in [0.5, 0.6) is 0 Å². The second-order valence-electron chi connectivity index (χ2n) is 3.11. The normalized spacial score (nSPS) is 12.9. The van der Waals surface area contributed by atoms with E-state index < -0.39 is 0 Å². The zero-order chi connectivity index (χ0) is 8.67. The third-order valence-corrected chi connectivity index (χ3v) is 2.32. The molecule has 0 atom stereocenters. The van der Waals surface area contributed by atoms with Crippen molar-refractivity contribution in [1.29, 1.82) is 0 Å². The Hall–Kier alpha value is -1.77. The zero-order valence-electron chi connectivity index (χ0n) is 7.07. The van der Waals surface area contributed by atoms with Crippen molar-refractivity contribution in [3.63, 3.8) is 0 Å². The lowest BCUT2D eigenvalue weighted by atomic mass is 10.1. The molecule has 1 aromatic carbocycles. The summed E-state index contributed by atoms with van der Waals surface area (Å²) >= 11 is 0. The van der Waals surface area contributed by atoms with Gasteiger partial charge in [-0.2, -0.15) is 5.10 Å². The van der Waals surface area contributed by atoms with Crippen LogP contribution in [0.15, 0.2) is 36.5 Å². The lowest BCUT2D eigenvalue weighted by Gasteiger charge is -2.18. The van der Waals surface area contributed by atoms with Gasteiger partial charge in [0, 0.05) is 12.6 Å². The number of fused-ring (bicyclic) bond motifs is 3. The molecule has 0 saturated carbocycles. The molecule has 0 radical (unpaired) electrons. The predicted octanol–water partition coefficient (Wildman–Crippen LogP) is 1.80. The minimum atomic E-state index is 0.891. The summed E-state index contributed by atoms with van der Waals surface area (Å²) < 4.78 is 1.93. The average Bonchev–Trinajstić information content (AvgIpc) is 2.65. The van der Waals surface area contributed by atoms with Crippen LogP contribution in [0.25, 0.3) is 5.69 Å². The average molecular weight is 171 g/mol. The molecule has 1 N–H and O–H groups in total. The molecule has 2 aromatic rings. The molecule has 0 amide bonds. The smallest absolute Gasteiger partial charge is 0.130 e. The molecule has 0 aliphatic carbocycles. The maximum atomic E-state index is 4.25. The number of para-hydroxylation sites is 1. The van der Waals surface area contributed by atoms with Gasteiger partial charge in [-0.3, -0.25) is 0 Å². The molecule has 0 fully saturated rings. The first-order valence-corrected chi connectivity index (χ1v) is 4.31. The van der Waals surface area contributed by atoms with Gasteiger partial charge >= 0.3 is 0 Å². The molecule has 0 saturated heterocycles. The Bertz CT molecular complexity index is 445. The Labute approximate surface area is 76.0 Å². The first-order valence-electron chi connectivity index (χ1n) is 4.31. The number of benzene rings is 1. The minimum Gasteiger partial charge on any atom is -0.366 e. The number of hydrogen-bond donors (Lipinski definition) is 1. The van der Waals surface area contributed by atoms with E-state index in [1.165, 1.54) is 11.3 Å². The Balaban J connectivity index is 2.30. The van der Waals surface area contributed by atoms with Crippen molar-refractivity contribution in [2.75, 3.05) is 5.32 Å². The predicted molar refractivity (Wildman–Crippen MR) is 50.9 cm³/mol. The molecular formula is C10H9N3. The van der Waals surface area contributed by atoms with Gasteiger partial charge in [0.2, 0.25) is 0 Å². The van der Waals surface area contributed by atoms with E-state index >= 15 is 0 Å². The first-order chi connectivity index (χ1) is 6.45. The summed E-state index contributed by atoms with van der Waals surface area (Å²) in [5.74, 6) is 1.07. The third-order valence-electron chi connectivity index (χ3n) is 2.32. The van der Waals surface area contributed by atoms with Crippen molar-refractivity contribution in [2.24, 2.45) is 0 Å². The fourth-order valence-electron chi connectivity index (χ4n) is 1.68. The van der Waals surface area contributed by atoms with Crippen LogP contribution < -0.4 is 5.32 Å². The molecule has 0 unspecified atom stereocenters. The number of nitrogens with zero attached hydrogens (tertiary/aromatic N) is 2. The number of hydrogen-bond acceptors (Lipinski definition) is 2. The van der Waals surface area contributed by atoms with Crippen molar-refractivity contribution in [3.8, 4) is 5.69 Å². The highest BCUT2D eigenvalue weighted by Gasteiger charge is 2.13. The van der Waals surface area contributed by atoms with Crippen LogP contribution in [0.4, 0.5) is 5.82 Å². The Morgan fingerprint density at radius 1 is 1.23 bits per heavy atom. The maximum absolute atomic E-state index is 4.25. The van der Waals surface area contributed by atoms with Crippen LogP contribution in [0, 0.1) is 0 Å². The molecular weight excluding hydrogens is 162 g/mol. The number of anilines is 1. The molecule has 1 aliphatic rings. The third kappa shape index (κ3) is 0.869. The van der Waals surface area contributed by atoms with Crippen molar-refractivity contribution in [3.05, 3.63) is 42.1 Å². The van der Waals surface area contributed by atoms with E-state index in [0.717, 1.165) is 12.4 Å². The molecule has 1 aliphatic heterocycles. The molecule has 3 nitrogen and oxygen atoms in total. The highest BCUT2D eigenvalue weighted by molar-refractivity contribution is 5.53. The minimum absolute atomic E-state index is 0.891. The van der Waals surface area contributed by atoms with E-state index in [0.29, 0.717) is 0 Å². The summed E-state index contributed by atoms with van der Waals surface area (Å²) in [6.07, 6.45) is 1.81. The van der Waals surface area contributed by atoms with E-state index in [1.54, 1.807) is 0 Å². The summed E-state index contributed by atoms with van der Waals surface area (Å²) in [5.41, 5.74) is 2.47. The summed E-state index contributed by atoms with van der Waals surface area (Å²) in [7, 11) is 0. The van der Waals surface area contributed by atoms with Crippen LogP contribution in [0.2, 0.25) is 0 Å². The van der Waals surface area contributed by atoms with Crippen LogP contribution in [0.1, 0.15) is 5.56 Å². The van der Waals surface area contributed by atoms with Gasteiger partial charge in [0.25, 0.3) is 0 Å². The van der Waals surface area contributed by atoms with Crippen molar-refractivity contribution in [1.82, 2.24) is 9.78 Å². The molecule has 3 heteroatoms. The van der Waals surface area contributed by atoms with E-state index in [9.17, 15) is 0 Å². The van der Waals surface area contributed by atoms with Crippen LogP contribution in [-0.2, 0) is 6.54 Å². The van der Waals surface area contributed by atoms with Crippen LogP contribution >= 0.6 is 0 Å². The Kier molecular flexibility index (Phi) is 1.22. The lowest BCUT2D eigenvalue weighted by molar-refractivity contribution is 0.833. The first kappa shape index (κ1) is 6.71. The topological polar surface area (TPSA) is 29.9 Å². The highest BCUT2D eigenvalue weighted by Crippen LogP contribution is 2.23. The van der Waals surface area contributed by atoms with Crippen molar-refractivity contribution in [2.45, 2.75) is 6.54 Å². The second-order valence-corrected chi connectivity index (χ2v) is 3.11. The van der Waals surface area contributed by atoms with Crippen LogP contribution in [0.3, 0.4) is 0 Å². The van der Waals surface area contributed by atoms with Gasteiger partial charge in [-0.05, 0) is 11.6 Å². The van der Waals surface area contributed by atoms with Gasteiger partial charge in [-0.1, -0.05) is 18.2 Å². The zero-order valence-corrected chi connectivity index (χ0v) is 7.07. The Morgan fingerprint density at radius 3 is 3.15 bits per heavy atom. The van der Waals surface area contributed by atoms with Gasteiger partial charge in [-0.25, -0.2) is 4.68 Å². The van der Waals surface area contributed by atoms with E-state index in [1.807, 2.05) is 23.0 Å².